The van der Waals surface area contributed by atoms with Gasteiger partial charge in [-0.15, -0.1) is 0 Å². The summed E-state index contributed by atoms with van der Waals surface area (Å²) in [7, 11) is 0. The highest BCUT2D eigenvalue weighted by Gasteiger charge is 2.06. The van der Waals surface area contributed by atoms with Gasteiger partial charge in [0.15, 0.2) is 0 Å². The molecule has 0 atom stereocenters. The molecule has 0 radical (unpaired) electrons. The van der Waals surface area contributed by atoms with E-state index in [1.807, 2.05) is 42.5 Å². The maximum Gasteiger partial charge on any atom is 0.132 e. The van der Waals surface area contributed by atoms with Crippen LogP contribution >= 0.6 is 0 Å². The van der Waals surface area contributed by atoms with E-state index < -0.39 is 11.6 Å². The van der Waals surface area contributed by atoms with E-state index in [2.05, 4.69) is 0 Å². The van der Waals surface area contributed by atoms with Crippen LogP contribution in [0.4, 0.5) is 8.78 Å². The van der Waals surface area contributed by atoms with E-state index in [0.717, 1.165) is 16.8 Å². The summed E-state index contributed by atoms with van der Waals surface area (Å²) in [5.74, 6) is -0.492. The minimum Gasteiger partial charge on any atom is -0.488 e. The van der Waals surface area contributed by atoms with Gasteiger partial charge in [0.2, 0.25) is 0 Å². The van der Waals surface area contributed by atoms with Crippen molar-refractivity contribution in [1.29, 1.82) is 0 Å². The number of fused-ring (bicyclic) bond motifs is 1. The van der Waals surface area contributed by atoms with Gasteiger partial charge in [-0.25, -0.2) is 8.78 Å². The van der Waals surface area contributed by atoms with Crippen molar-refractivity contribution in [2.24, 2.45) is 0 Å². The molecule has 0 aliphatic rings. The Morgan fingerprint density at radius 3 is 2.50 bits per heavy atom. The van der Waals surface area contributed by atoms with Gasteiger partial charge in [0.1, 0.15) is 24.0 Å². The lowest BCUT2D eigenvalue weighted by Crippen LogP contribution is -1.99. The fourth-order valence-corrected chi connectivity index (χ4v) is 2.12. The first kappa shape index (κ1) is 12.6. The number of rotatable bonds is 3. The Hall–Kier alpha value is -2.42. The average molecular weight is 270 g/mol. The van der Waals surface area contributed by atoms with Crippen LogP contribution in [0.3, 0.4) is 0 Å². The molecule has 100 valence electrons. The highest BCUT2D eigenvalue weighted by Crippen LogP contribution is 2.26. The molecular weight excluding hydrogens is 258 g/mol. The molecule has 1 nitrogen and oxygen atoms in total. The van der Waals surface area contributed by atoms with Gasteiger partial charge in [0.25, 0.3) is 0 Å². The normalized spacial score (nSPS) is 10.7. The van der Waals surface area contributed by atoms with Gasteiger partial charge in [-0.05, 0) is 23.6 Å². The minimum absolute atomic E-state index is 0.0696. The van der Waals surface area contributed by atoms with Crippen LogP contribution in [0.25, 0.3) is 10.8 Å². The van der Waals surface area contributed by atoms with Crippen LogP contribution in [0.15, 0.2) is 60.7 Å². The van der Waals surface area contributed by atoms with E-state index in [1.54, 1.807) is 0 Å². The van der Waals surface area contributed by atoms with E-state index in [1.165, 1.54) is 12.1 Å². The Kier molecular flexibility index (Phi) is 3.33. The summed E-state index contributed by atoms with van der Waals surface area (Å²) in [6, 6.07) is 17.0. The standard InChI is InChI=1S/C17H12F2O/c18-14-9-8-13(16(19)10-14)11-20-17-7-3-5-12-4-1-2-6-15(12)17/h1-10H,11H2. The van der Waals surface area contributed by atoms with Gasteiger partial charge in [-0.3, -0.25) is 0 Å². The lowest BCUT2D eigenvalue weighted by atomic mass is 10.1. The highest BCUT2D eigenvalue weighted by atomic mass is 19.1. The van der Waals surface area contributed by atoms with Crippen LogP contribution in [0.2, 0.25) is 0 Å². The van der Waals surface area contributed by atoms with E-state index in [4.69, 9.17) is 4.74 Å². The van der Waals surface area contributed by atoms with Crippen LogP contribution in [0.1, 0.15) is 5.56 Å². The molecule has 0 saturated carbocycles. The molecule has 0 N–H and O–H groups in total. The van der Waals surface area contributed by atoms with Gasteiger partial charge >= 0.3 is 0 Å². The third-order valence-corrected chi connectivity index (χ3v) is 3.15. The topological polar surface area (TPSA) is 9.23 Å². The smallest absolute Gasteiger partial charge is 0.132 e. The maximum atomic E-state index is 13.5. The summed E-state index contributed by atoms with van der Waals surface area (Å²) in [4.78, 5) is 0. The molecule has 3 aromatic carbocycles. The van der Waals surface area contributed by atoms with Crippen molar-refractivity contribution in [2.45, 2.75) is 6.61 Å². The third kappa shape index (κ3) is 2.48. The molecule has 3 aromatic rings. The largest absolute Gasteiger partial charge is 0.488 e. The Balaban J connectivity index is 1.87. The predicted octanol–water partition coefficient (Wildman–Crippen LogP) is 4.70. The van der Waals surface area contributed by atoms with Crippen LogP contribution in [-0.2, 0) is 6.61 Å². The molecule has 0 fully saturated rings. The monoisotopic (exact) mass is 270 g/mol. The van der Waals surface area contributed by atoms with Crippen molar-refractivity contribution < 1.29 is 13.5 Å². The van der Waals surface area contributed by atoms with E-state index in [-0.39, 0.29) is 6.61 Å². The summed E-state index contributed by atoms with van der Waals surface area (Å²) in [5, 5.41) is 2.03. The predicted molar refractivity (Wildman–Crippen MR) is 74.6 cm³/mol. The maximum absolute atomic E-state index is 13.5. The summed E-state index contributed by atoms with van der Waals surface area (Å²) >= 11 is 0. The van der Waals surface area contributed by atoms with Gasteiger partial charge in [0.05, 0.1) is 0 Å². The zero-order valence-electron chi connectivity index (χ0n) is 10.6. The van der Waals surface area contributed by atoms with Gasteiger partial charge in [0, 0.05) is 17.0 Å². The second-order valence-corrected chi connectivity index (χ2v) is 4.50. The van der Waals surface area contributed by atoms with Crippen LogP contribution < -0.4 is 4.74 Å². The SMILES string of the molecule is Fc1ccc(COc2cccc3ccccc23)c(F)c1. The van der Waals surface area contributed by atoms with E-state index in [0.29, 0.717) is 11.3 Å². The Labute approximate surface area is 115 Å². The van der Waals surface area contributed by atoms with Crippen LogP contribution in [0.5, 0.6) is 5.75 Å². The molecule has 0 spiro atoms. The van der Waals surface area contributed by atoms with Gasteiger partial charge in [-0.1, -0.05) is 36.4 Å². The van der Waals surface area contributed by atoms with Crippen molar-refractivity contribution in [3.63, 3.8) is 0 Å². The van der Waals surface area contributed by atoms with Crippen LogP contribution in [-0.4, -0.2) is 0 Å². The first-order valence-corrected chi connectivity index (χ1v) is 6.28. The van der Waals surface area contributed by atoms with Crippen molar-refractivity contribution in [3.8, 4) is 5.75 Å². The van der Waals surface area contributed by atoms with Gasteiger partial charge in [-0.2, -0.15) is 0 Å². The Morgan fingerprint density at radius 1 is 0.850 bits per heavy atom. The molecule has 0 amide bonds. The molecular formula is C17H12F2O. The number of ether oxygens (including phenoxy) is 1. The van der Waals surface area contributed by atoms with Crippen molar-refractivity contribution >= 4 is 10.8 Å². The molecule has 0 bridgehead atoms. The zero-order valence-corrected chi connectivity index (χ0v) is 10.6. The van der Waals surface area contributed by atoms with Crippen molar-refractivity contribution in [3.05, 3.63) is 77.9 Å². The molecule has 20 heavy (non-hydrogen) atoms. The zero-order chi connectivity index (χ0) is 13.9. The highest BCUT2D eigenvalue weighted by molar-refractivity contribution is 5.88. The number of hydrogen-bond acceptors (Lipinski definition) is 1. The quantitative estimate of drug-likeness (QED) is 0.670. The Morgan fingerprint density at radius 2 is 1.65 bits per heavy atom. The van der Waals surface area contributed by atoms with Crippen molar-refractivity contribution in [1.82, 2.24) is 0 Å². The van der Waals surface area contributed by atoms with E-state index >= 15 is 0 Å². The fraction of sp³-hybridized carbons (Fsp3) is 0.0588. The number of halogens is 2. The molecule has 0 aliphatic heterocycles. The van der Waals surface area contributed by atoms with E-state index in [9.17, 15) is 8.78 Å². The van der Waals surface area contributed by atoms with Gasteiger partial charge < -0.3 is 4.74 Å². The molecule has 0 saturated heterocycles. The Bertz CT molecular complexity index is 748. The first-order chi connectivity index (χ1) is 9.74. The molecule has 3 heteroatoms. The molecule has 0 heterocycles. The fourth-order valence-electron chi connectivity index (χ4n) is 2.12. The minimum atomic E-state index is -0.592. The number of hydrogen-bond donors (Lipinski definition) is 0. The summed E-state index contributed by atoms with van der Waals surface area (Å²) < 4.78 is 32.0. The summed E-state index contributed by atoms with van der Waals surface area (Å²) in [5.41, 5.74) is 0.333. The lowest BCUT2D eigenvalue weighted by molar-refractivity contribution is 0.303. The van der Waals surface area contributed by atoms with Crippen molar-refractivity contribution in [2.75, 3.05) is 0 Å². The average Bonchev–Trinajstić information content (AvgIpc) is 2.46. The molecule has 0 unspecified atom stereocenters. The van der Waals surface area contributed by atoms with Crippen LogP contribution in [0, 0.1) is 11.6 Å². The number of benzene rings is 3. The summed E-state index contributed by atoms with van der Waals surface area (Å²) in [6.45, 7) is 0.0696. The first-order valence-electron chi connectivity index (χ1n) is 6.28. The third-order valence-electron chi connectivity index (χ3n) is 3.15. The molecule has 0 aromatic heterocycles. The molecule has 0 aliphatic carbocycles. The lowest BCUT2D eigenvalue weighted by Gasteiger charge is -2.10. The summed E-state index contributed by atoms with van der Waals surface area (Å²) in [6.07, 6.45) is 0. The second kappa shape index (κ2) is 5.29. The molecule has 3 rings (SSSR count). The second-order valence-electron chi connectivity index (χ2n) is 4.50.